The van der Waals surface area contributed by atoms with Crippen LogP contribution in [0.15, 0.2) is 22.7 Å². The Morgan fingerprint density at radius 3 is 2.65 bits per heavy atom. The zero-order chi connectivity index (χ0) is 12.7. The highest BCUT2D eigenvalue weighted by Crippen LogP contribution is 2.31. The van der Waals surface area contributed by atoms with Gasteiger partial charge in [0.15, 0.2) is 0 Å². The Hall–Kier alpha value is -0.0500. The zero-order valence-corrected chi connectivity index (χ0v) is 12.7. The second-order valence-corrected chi connectivity index (χ2v) is 5.68. The first-order valence-electron chi connectivity index (χ1n) is 6.36. The van der Waals surface area contributed by atoms with Crippen LogP contribution in [-0.2, 0) is 0 Å². The fourth-order valence-electron chi connectivity index (χ4n) is 1.93. The summed E-state index contributed by atoms with van der Waals surface area (Å²) < 4.78 is 0.929. The molecule has 0 bridgehead atoms. The van der Waals surface area contributed by atoms with Crippen molar-refractivity contribution >= 4 is 27.5 Å². The molecule has 0 saturated carbocycles. The molecule has 0 heterocycles. The molecule has 1 aromatic rings. The van der Waals surface area contributed by atoms with Gasteiger partial charge in [-0.3, -0.25) is 0 Å². The fraction of sp³-hybridized carbons (Fsp3) is 0.571. The molecular formula is C14H21BrClN. The predicted octanol–water partition coefficient (Wildman–Crippen LogP) is 5.46. The second-order valence-electron chi connectivity index (χ2n) is 4.45. The van der Waals surface area contributed by atoms with Gasteiger partial charge in [-0.15, -0.1) is 0 Å². The minimum Gasteiger partial charge on any atom is -0.324 e. The number of hydrogen-bond donors (Lipinski definition) is 1. The van der Waals surface area contributed by atoms with Crippen LogP contribution in [0.25, 0.3) is 0 Å². The van der Waals surface area contributed by atoms with Crippen LogP contribution in [0.5, 0.6) is 0 Å². The van der Waals surface area contributed by atoms with Crippen LogP contribution in [0.3, 0.4) is 0 Å². The van der Waals surface area contributed by atoms with E-state index in [2.05, 4.69) is 22.9 Å². The molecule has 0 aliphatic carbocycles. The largest absolute Gasteiger partial charge is 0.324 e. The van der Waals surface area contributed by atoms with Crippen molar-refractivity contribution in [2.24, 2.45) is 5.73 Å². The van der Waals surface area contributed by atoms with Crippen molar-refractivity contribution in [1.29, 1.82) is 0 Å². The summed E-state index contributed by atoms with van der Waals surface area (Å²) in [5.74, 6) is 0. The quantitative estimate of drug-likeness (QED) is 0.663. The molecular weight excluding hydrogens is 298 g/mol. The molecule has 2 N–H and O–H groups in total. The van der Waals surface area contributed by atoms with Crippen LogP contribution in [0.2, 0.25) is 5.02 Å². The minimum absolute atomic E-state index is 0.0571. The van der Waals surface area contributed by atoms with Crippen LogP contribution in [0.4, 0.5) is 0 Å². The molecule has 17 heavy (non-hydrogen) atoms. The van der Waals surface area contributed by atoms with Gasteiger partial charge in [0.2, 0.25) is 0 Å². The Morgan fingerprint density at radius 1 is 1.24 bits per heavy atom. The number of unbranched alkanes of at least 4 members (excludes halogenated alkanes) is 4. The number of benzene rings is 1. The molecule has 0 saturated heterocycles. The lowest BCUT2D eigenvalue weighted by Crippen LogP contribution is -2.10. The molecule has 0 fully saturated rings. The van der Waals surface area contributed by atoms with Gasteiger partial charge in [-0.25, -0.2) is 0 Å². The predicted molar refractivity (Wildman–Crippen MR) is 79.5 cm³/mol. The highest BCUT2D eigenvalue weighted by molar-refractivity contribution is 9.10. The van der Waals surface area contributed by atoms with E-state index in [0.29, 0.717) is 0 Å². The topological polar surface area (TPSA) is 26.0 Å². The molecule has 0 spiro atoms. The van der Waals surface area contributed by atoms with Gasteiger partial charge < -0.3 is 5.73 Å². The van der Waals surface area contributed by atoms with E-state index in [4.69, 9.17) is 17.3 Å². The smallest absolute Gasteiger partial charge is 0.0595 e. The Kier molecular flexibility index (Phi) is 7.17. The average molecular weight is 319 g/mol. The third kappa shape index (κ3) is 4.99. The van der Waals surface area contributed by atoms with Crippen molar-refractivity contribution in [1.82, 2.24) is 0 Å². The van der Waals surface area contributed by atoms with E-state index in [9.17, 15) is 0 Å². The lowest BCUT2D eigenvalue weighted by molar-refractivity contribution is 0.555. The molecule has 0 aliphatic heterocycles. The van der Waals surface area contributed by atoms with Crippen molar-refractivity contribution in [2.45, 2.75) is 51.5 Å². The summed E-state index contributed by atoms with van der Waals surface area (Å²) in [6.45, 7) is 2.23. The molecule has 0 aromatic heterocycles. The molecule has 0 amide bonds. The fourth-order valence-corrected chi connectivity index (χ4v) is 2.58. The van der Waals surface area contributed by atoms with Crippen LogP contribution < -0.4 is 5.73 Å². The third-order valence-electron chi connectivity index (χ3n) is 3.00. The second kappa shape index (κ2) is 8.12. The Balaban J connectivity index is 2.41. The molecule has 0 aliphatic rings. The van der Waals surface area contributed by atoms with Gasteiger partial charge >= 0.3 is 0 Å². The highest BCUT2D eigenvalue weighted by Gasteiger charge is 2.11. The molecule has 0 radical (unpaired) electrons. The van der Waals surface area contributed by atoms with Crippen molar-refractivity contribution in [3.63, 3.8) is 0 Å². The van der Waals surface area contributed by atoms with Gasteiger partial charge in [0.1, 0.15) is 0 Å². The molecule has 96 valence electrons. The van der Waals surface area contributed by atoms with E-state index in [1.165, 1.54) is 32.1 Å². The van der Waals surface area contributed by atoms with Crippen molar-refractivity contribution in [3.8, 4) is 0 Å². The molecule has 1 atom stereocenters. The third-order valence-corrected chi connectivity index (χ3v) is 4.31. The minimum atomic E-state index is 0.0571. The van der Waals surface area contributed by atoms with E-state index in [-0.39, 0.29) is 6.04 Å². The summed E-state index contributed by atoms with van der Waals surface area (Å²) in [4.78, 5) is 0. The summed E-state index contributed by atoms with van der Waals surface area (Å²) in [5, 5.41) is 0.758. The number of nitrogens with two attached hydrogens (primary N) is 1. The Morgan fingerprint density at radius 2 is 1.94 bits per heavy atom. The molecule has 3 heteroatoms. The van der Waals surface area contributed by atoms with Crippen LogP contribution >= 0.6 is 27.5 Å². The Bertz CT molecular complexity index is 341. The molecule has 1 aromatic carbocycles. The van der Waals surface area contributed by atoms with Gasteiger partial charge in [-0.2, -0.15) is 0 Å². The standard InChI is InChI=1S/C14H21BrClN/c1-2-3-4-5-6-10-13(17)11-8-7-9-12(15)14(11)16/h7-9,13H,2-6,10,17H2,1H3. The molecule has 1 nitrogen and oxygen atoms in total. The SMILES string of the molecule is CCCCCCCC(N)c1cccc(Br)c1Cl. The summed E-state index contributed by atoms with van der Waals surface area (Å²) in [5.41, 5.74) is 7.23. The maximum atomic E-state index is 6.22. The van der Waals surface area contributed by atoms with Gasteiger partial charge in [0.05, 0.1) is 5.02 Å². The summed E-state index contributed by atoms with van der Waals surface area (Å²) in [7, 11) is 0. The Labute approximate surface area is 118 Å². The first-order chi connectivity index (χ1) is 8.16. The van der Waals surface area contributed by atoms with E-state index in [0.717, 1.165) is 21.5 Å². The van der Waals surface area contributed by atoms with Gasteiger partial charge in [0, 0.05) is 10.5 Å². The number of hydrogen-bond acceptors (Lipinski definition) is 1. The number of rotatable bonds is 7. The van der Waals surface area contributed by atoms with Crippen molar-refractivity contribution < 1.29 is 0 Å². The maximum Gasteiger partial charge on any atom is 0.0595 e. The van der Waals surface area contributed by atoms with Crippen LogP contribution in [-0.4, -0.2) is 0 Å². The summed E-state index contributed by atoms with van der Waals surface area (Å²) in [6.07, 6.45) is 7.39. The van der Waals surface area contributed by atoms with Crippen molar-refractivity contribution in [2.75, 3.05) is 0 Å². The van der Waals surface area contributed by atoms with Gasteiger partial charge in [0.25, 0.3) is 0 Å². The van der Waals surface area contributed by atoms with Gasteiger partial charge in [-0.1, -0.05) is 62.8 Å². The average Bonchev–Trinajstić information content (AvgIpc) is 2.32. The van der Waals surface area contributed by atoms with Crippen LogP contribution in [0.1, 0.15) is 57.1 Å². The lowest BCUT2D eigenvalue weighted by Gasteiger charge is -2.14. The lowest BCUT2D eigenvalue weighted by atomic mass is 10.0. The van der Waals surface area contributed by atoms with Crippen LogP contribution in [0, 0.1) is 0 Å². The summed E-state index contributed by atoms with van der Waals surface area (Å²) in [6, 6.07) is 6.01. The zero-order valence-electron chi connectivity index (χ0n) is 10.4. The van der Waals surface area contributed by atoms with Gasteiger partial charge in [-0.05, 0) is 34.0 Å². The van der Waals surface area contributed by atoms with E-state index in [1.54, 1.807) is 0 Å². The van der Waals surface area contributed by atoms with E-state index >= 15 is 0 Å². The molecule has 1 rings (SSSR count). The van der Waals surface area contributed by atoms with E-state index in [1.807, 2.05) is 18.2 Å². The van der Waals surface area contributed by atoms with E-state index < -0.39 is 0 Å². The first-order valence-corrected chi connectivity index (χ1v) is 7.53. The maximum absolute atomic E-state index is 6.22. The first kappa shape index (κ1) is 15.0. The van der Waals surface area contributed by atoms with Crippen molar-refractivity contribution in [3.05, 3.63) is 33.3 Å². The monoisotopic (exact) mass is 317 g/mol. The molecule has 1 unspecified atom stereocenters. The normalized spacial score (nSPS) is 12.7. The number of halogens is 2. The highest BCUT2D eigenvalue weighted by atomic mass is 79.9. The summed E-state index contributed by atoms with van der Waals surface area (Å²) >= 11 is 9.65.